The maximum atomic E-state index is 5.47. The maximum Gasteiger partial charge on any atom is 0.191 e. The molecule has 26 heavy (non-hydrogen) atoms. The number of nitrogens with one attached hydrogen (secondary N) is 2. The van der Waals surface area contributed by atoms with Crippen LogP contribution in [0.5, 0.6) is 0 Å². The molecule has 0 aliphatic carbocycles. The number of methoxy groups -OCH3 is 1. The molecule has 0 saturated carbocycles. The molecule has 0 saturated heterocycles. The van der Waals surface area contributed by atoms with Gasteiger partial charge < -0.3 is 20.1 Å². The maximum absolute atomic E-state index is 5.47. The zero-order valence-corrected chi connectivity index (χ0v) is 19.3. The van der Waals surface area contributed by atoms with Gasteiger partial charge in [-0.3, -0.25) is 4.99 Å². The zero-order valence-electron chi connectivity index (χ0n) is 16.9. The first-order valence-electron chi connectivity index (χ1n) is 9.15. The van der Waals surface area contributed by atoms with Gasteiger partial charge in [0, 0.05) is 32.2 Å². The van der Waals surface area contributed by atoms with Crippen molar-refractivity contribution in [2.75, 3.05) is 46.6 Å². The summed E-state index contributed by atoms with van der Waals surface area (Å²) in [5.41, 5.74) is 2.59. The molecule has 0 fully saturated rings. The number of aliphatic imine (C=N–C) groups is 1. The van der Waals surface area contributed by atoms with Crippen LogP contribution in [-0.4, -0.2) is 52.5 Å². The van der Waals surface area contributed by atoms with Crippen LogP contribution in [0.3, 0.4) is 0 Å². The van der Waals surface area contributed by atoms with Crippen molar-refractivity contribution in [2.45, 2.75) is 39.5 Å². The Morgan fingerprint density at radius 2 is 1.77 bits per heavy atom. The largest absolute Gasteiger partial charge is 0.382 e. The molecule has 1 aromatic carbocycles. The van der Waals surface area contributed by atoms with Gasteiger partial charge in [0.05, 0.1) is 19.8 Å². The highest BCUT2D eigenvalue weighted by molar-refractivity contribution is 14.0. The van der Waals surface area contributed by atoms with Crippen molar-refractivity contribution in [3.63, 3.8) is 0 Å². The van der Waals surface area contributed by atoms with E-state index in [1.165, 1.54) is 11.1 Å². The van der Waals surface area contributed by atoms with Crippen molar-refractivity contribution < 1.29 is 9.47 Å². The predicted octanol–water partition coefficient (Wildman–Crippen LogP) is 3.50. The van der Waals surface area contributed by atoms with Gasteiger partial charge in [0.1, 0.15) is 0 Å². The number of aryl methyl sites for hydroxylation is 1. The monoisotopic (exact) mass is 477 g/mol. The van der Waals surface area contributed by atoms with Crippen molar-refractivity contribution in [1.29, 1.82) is 0 Å². The molecule has 1 rings (SSSR count). The van der Waals surface area contributed by atoms with E-state index in [1.807, 2.05) is 0 Å². The summed E-state index contributed by atoms with van der Waals surface area (Å²) in [6.07, 6.45) is 0.940. The van der Waals surface area contributed by atoms with Gasteiger partial charge in [0.2, 0.25) is 0 Å². The van der Waals surface area contributed by atoms with Gasteiger partial charge in [-0.05, 0) is 25.8 Å². The van der Waals surface area contributed by atoms with Crippen LogP contribution in [0.2, 0.25) is 0 Å². The quantitative estimate of drug-likeness (QED) is 0.222. The second-order valence-corrected chi connectivity index (χ2v) is 6.83. The van der Waals surface area contributed by atoms with Crippen molar-refractivity contribution >= 4 is 29.9 Å². The molecule has 6 heteroatoms. The molecule has 0 heterocycles. The highest BCUT2D eigenvalue weighted by Gasteiger charge is 2.20. The van der Waals surface area contributed by atoms with Gasteiger partial charge in [0.25, 0.3) is 0 Å². The van der Waals surface area contributed by atoms with E-state index >= 15 is 0 Å². The Morgan fingerprint density at radius 3 is 2.38 bits per heavy atom. The third-order valence-electron chi connectivity index (χ3n) is 4.00. The number of halogens is 1. The van der Waals surface area contributed by atoms with Crippen LogP contribution >= 0.6 is 24.0 Å². The van der Waals surface area contributed by atoms with E-state index in [2.05, 4.69) is 62.6 Å². The fourth-order valence-electron chi connectivity index (χ4n) is 2.34. The number of benzene rings is 1. The first-order chi connectivity index (χ1) is 12.0. The van der Waals surface area contributed by atoms with Crippen LogP contribution in [0, 0.1) is 6.92 Å². The van der Waals surface area contributed by atoms with Crippen LogP contribution in [0.25, 0.3) is 0 Å². The summed E-state index contributed by atoms with van der Waals surface area (Å²) in [7, 11) is 1.68. The van der Waals surface area contributed by atoms with Crippen molar-refractivity contribution in [1.82, 2.24) is 10.6 Å². The van der Waals surface area contributed by atoms with E-state index in [4.69, 9.17) is 14.5 Å². The molecular formula is C20H36IN3O2. The number of nitrogens with zero attached hydrogens (tertiary/aromatic N) is 1. The van der Waals surface area contributed by atoms with Crippen LogP contribution < -0.4 is 10.6 Å². The highest BCUT2D eigenvalue weighted by Crippen LogP contribution is 2.23. The van der Waals surface area contributed by atoms with Gasteiger partial charge in [-0.2, -0.15) is 0 Å². The van der Waals surface area contributed by atoms with Gasteiger partial charge in [-0.25, -0.2) is 0 Å². The van der Waals surface area contributed by atoms with Crippen LogP contribution in [0.4, 0.5) is 0 Å². The van der Waals surface area contributed by atoms with Crippen LogP contribution in [0.15, 0.2) is 29.3 Å². The molecule has 0 bridgehead atoms. The topological polar surface area (TPSA) is 54.9 Å². The standard InChI is InChI=1S/C20H35N3O2.HI/c1-6-21-19(22-12-7-13-25-15-14-24-5)23-16-20(3,4)18-10-8-17(2)9-11-18;/h8-11H,6-7,12-16H2,1-5H3,(H2,21,22,23);1H. The van der Waals surface area contributed by atoms with Crippen molar-refractivity contribution in [3.8, 4) is 0 Å². The Bertz CT molecular complexity index is 504. The molecule has 5 nitrogen and oxygen atoms in total. The normalized spacial score (nSPS) is 11.8. The summed E-state index contributed by atoms with van der Waals surface area (Å²) in [6.45, 7) is 13.1. The van der Waals surface area contributed by atoms with Crippen molar-refractivity contribution in [3.05, 3.63) is 35.4 Å². The molecule has 1 aromatic rings. The minimum absolute atomic E-state index is 0. The number of guanidine groups is 1. The second kappa shape index (κ2) is 14.2. The van der Waals surface area contributed by atoms with Gasteiger partial charge >= 0.3 is 0 Å². The summed E-state index contributed by atoms with van der Waals surface area (Å²) >= 11 is 0. The molecular weight excluding hydrogens is 441 g/mol. The minimum atomic E-state index is -0.000680. The number of rotatable bonds is 11. The Morgan fingerprint density at radius 1 is 1.08 bits per heavy atom. The number of hydrogen-bond acceptors (Lipinski definition) is 3. The zero-order chi connectivity index (χ0) is 18.5. The average molecular weight is 477 g/mol. The van der Waals surface area contributed by atoms with E-state index in [0.717, 1.165) is 38.6 Å². The highest BCUT2D eigenvalue weighted by atomic mass is 127. The second-order valence-electron chi connectivity index (χ2n) is 6.83. The molecule has 0 aliphatic heterocycles. The summed E-state index contributed by atoms with van der Waals surface area (Å²) in [4.78, 5) is 4.76. The summed E-state index contributed by atoms with van der Waals surface area (Å²) < 4.78 is 10.4. The summed E-state index contributed by atoms with van der Waals surface area (Å²) in [5, 5.41) is 6.68. The molecule has 0 aliphatic rings. The van der Waals surface area contributed by atoms with Crippen LogP contribution in [0.1, 0.15) is 38.3 Å². The van der Waals surface area contributed by atoms with E-state index in [0.29, 0.717) is 13.2 Å². The minimum Gasteiger partial charge on any atom is -0.382 e. The Kier molecular flexibility index (Phi) is 13.8. The first-order valence-corrected chi connectivity index (χ1v) is 9.15. The van der Waals surface area contributed by atoms with E-state index in [-0.39, 0.29) is 29.4 Å². The fourth-order valence-corrected chi connectivity index (χ4v) is 2.34. The van der Waals surface area contributed by atoms with E-state index in [1.54, 1.807) is 7.11 Å². The lowest BCUT2D eigenvalue weighted by Crippen LogP contribution is -2.39. The number of ether oxygens (including phenoxy) is 2. The van der Waals surface area contributed by atoms with Gasteiger partial charge in [-0.15, -0.1) is 24.0 Å². The molecule has 0 atom stereocenters. The third-order valence-corrected chi connectivity index (χ3v) is 4.00. The molecule has 0 aromatic heterocycles. The van der Waals surface area contributed by atoms with Crippen LogP contribution in [-0.2, 0) is 14.9 Å². The van der Waals surface area contributed by atoms with Crippen molar-refractivity contribution in [2.24, 2.45) is 4.99 Å². The van der Waals surface area contributed by atoms with E-state index in [9.17, 15) is 0 Å². The molecule has 0 radical (unpaired) electrons. The molecule has 150 valence electrons. The van der Waals surface area contributed by atoms with Gasteiger partial charge in [-0.1, -0.05) is 43.7 Å². The molecule has 0 amide bonds. The lowest BCUT2D eigenvalue weighted by atomic mass is 9.84. The SMILES string of the molecule is CCNC(=NCC(C)(C)c1ccc(C)cc1)NCCCOCCOC.I. The van der Waals surface area contributed by atoms with Gasteiger partial charge in [0.15, 0.2) is 5.96 Å². The molecule has 0 unspecified atom stereocenters. The molecule has 2 N–H and O–H groups in total. The Hall–Kier alpha value is -0.860. The smallest absolute Gasteiger partial charge is 0.191 e. The Labute approximate surface area is 176 Å². The summed E-state index contributed by atoms with van der Waals surface area (Å²) in [6, 6.07) is 8.72. The lowest BCUT2D eigenvalue weighted by Gasteiger charge is -2.24. The first kappa shape index (κ1) is 25.1. The average Bonchev–Trinajstić information content (AvgIpc) is 2.59. The summed E-state index contributed by atoms with van der Waals surface area (Å²) in [5.74, 6) is 0.861. The predicted molar refractivity (Wildman–Crippen MR) is 121 cm³/mol. The van der Waals surface area contributed by atoms with E-state index < -0.39 is 0 Å². The fraction of sp³-hybridized carbons (Fsp3) is 0.650. The third kappa shape index (κ3) is 10.3. The number of hydrogen-bond donors (Lipinski definition) is 2. The molecule has 0 spiro atoms. The lowest BCUT2D eigenvalue weighted by molar-refractivity contribution is 0.0698. The Balaban J connectivity index is 0.00000625.